The van der Waals surface area contributed by atoms with Crippen LogP contribution in [0.1, 0.15) is 22.5 Å². The van der Waals surface area contributed by atoms with Crippen LogP contribution in [0.3, 0.4) is 0 Å². The molecular weight excluding hydrogens is 499 g/mol. The van der Waals surface area contributed by atoms with E-state index in [9.17, 15) is 4.79 Å². The number of benzene rings is 3. The number of aromatic nitrogens is 2. The molecule has 0 saturated heterocycles. The molecule has 0 aliphatic heterocycles. The van der Waals surface area contributed by atoms with Crippen LogP contribution in [0.4, 0.5) is 0 Å². The van der Waals surface area contributed by atoms with Gasteiger partial charge in [0, 0.05) is 33.5 Å². The lowest BCUT2D eigenvalue weighted by Crippen LogP contribution is -2.09. The quantitative estimate of drug-likeness (QED) is 0.275. The molecule has 3 aromatic carbocycles. The summed E-state index contributed by atoms with van der Waals surface area (Å²) in [5.74, 6) is 7.02. The number of carboxylic acid groups (broad SMARTS) is 1. The number of nitrogens with zero attached hydrogens (tertiary/aromatic N) is 1. The highest BCUT2D eigenvalue weighted by atomic mass is 35.5. The molecule has 0 aliphatic rings. The van der Waals surface area contributed by atoms with Crippen LogP contribution in [-0.4, -0.2) is 34.8 Å². The van der Waals surface area contributed by atoms with Gasteiger partial charge in [0.05, 0.1) is 17.8 Å². The van der Waals surface area contributed by atoms with E-state index in [4.69, 9.17) is 37.8 Å². The Hall–Kier alpha value is -4.18. The fraction of sp³-hybridized carbons (Fsp3) is 0.0714. The average Bonchev–Trinajstić information content (AvgIpc) is 3.34. The van der Waals surface area contributed by atoms with Crippen molar-refractivity contribution in [2.75, 3.05) is 13.7 Å². The number of imidazole rings is 1. The van der Waals surface area contributed by atoms with Gasteiger partial charge in [0.25, 0.3) is 0 Å². The number of aliphatic carboxylic acids is 1. The van der Waals surface area contributed by atoms with Crippen molar-refractivity contribution >= 4 is 41.3 Å². The Morgan fingerprint density at radius 2 is 1.78 bits per heavy atom. The fourth-order valence-corrected chi connectivity index (χ4v) is 3.80. The highest BCUT2D eigenvalue weighted by Gasteiger charge is 2.08. The van der Waals surface area contributed by atoms with Crippen molar-refractivity contribution in [1.82, 2.24) is 9.97 Å². The number of hydrogen-bond acceptors (Lipinski definition) is 4. The Morgan fingerprint density at radius 3 is 2.50 bits per heavy atom. The van der Waals surface area contributed by atoms with Gasteiger partial charge in [-0.2, -0.15) is 0 Å². The molecule has 0 saturated carbocycles. The molecule has 0 spiro atoms. The van der Waals surface area contributed by atoms with Gasteiger partial charge in [0.1, 0.15) is 17.3 Å². The van der Waals surface area contributed by atoms with Gasteiger partial charge in [-0.25, -0.2) is 9.78 Å². The number of carbonyl (C=O) groups is 1. The summed E-state index contributed by atoms with van der Waals surface area (Å²) in [5, 5.41) is 9.79. The summed E-state index contributed by atoms with van der Waals surface area (Å²) in [4.78, 5) is 18.3. The van der Waals surface area contributed by atoms with E-state index in [1.54, 1.807) is 49.7 Å². The molecule has 180 valence electrons. The highest BCUT2D eigenvalue weighted by Crippen LogP contribution is 2.29. The monoisotopic (exact) mass is 518 g/mol. The first-order chi connectivity index (χ1) is 17.4. The predicted molar refractivity (Wildman–Crippen MR) is 142 cm³/mol. The summed E-state index contributed by atoms with van der Waals surface area (Å²) >= 11 is 12.3. The molecule has 0 bridgehead atoms. The van der Waals surface area contributed by atoms with Crippen LogP contribution in [0.2, 0.25) is 10.0 Å². The van der Waals surface area contributed by atoms with Gasteiger partial charge in [-0.15, -0.1) is 0 Å². The molecule has 0 fully saturated rings. The van der Waals surface area contributed by atoms with Gasteiger partial charge in [-0.3, -0.25) is 0 Å². The van der Waals surface area contributed by atoms with Crippen LogP contribution in [0.25, 0.3) is 23.4 Å². The minimum Gasteiger partial charge on any atom is -0.496 e. The van der Waals surface area contributed by atoms with Gasteiger partial charge < -0.3 is 19.6 Å². The minimum absolute atomic E-state index is 0.388. The molecule has 0 radical (unpaired) electrons. The van der Waals surface area contributed by atoms with Crippen LogP contribution in [-0.2, 0) is 4.79 Å². The van der Waals surface area contributed by atoms with Gasteiger partial charge in [-0.1, -0.05) is 35.0 Å². The van der Waals surface area contributed by atoms with Crippen LogP contribution >= 0.6 is 23.2 Å². The second-order valence-corrected chi connectivity index (χ2v) is 8.39. The van der Waals surface area contributed by atoms with Gasteiger partial charge in [-0.05, 0) is 72.8 Å². The predicted octanol–water partition coefficient (Wildman–Crippen LogP) is 6.43. The van der Waals surface area contributed by atoms with Crippen molar-refractivity contribution in [2.24, 2.45) is 0 Å². The number of H-pyrrole nitrogens is 1. The Labute approximate surface area is 218 Å². The maximum Gasteiger partial charge on any atom is 0.341 e. The zero-order valence-electron chi connectivity index (χ0n) is 19.1. The van der Waals surface area contributed by atoms with Crippen LogP contribution < -0.4 is 9.47 Å². The maximum atomic E-state index is 10.6. The van der Waals surface area contributed by atoms with Crippen molar-refractivity contribution in [3.8, 4) is 34.6 Å². The summed E-state index contributed by atoms with van der Waals surface area (Å²) in [5.41, 5.74) is 3.91. The van der Waals surface area contributed by atoms with Gasteiger partial charge >= 0.3 is 5.97 Å². The zero-order valence-corrected chi connectivity index (χ0v) is 20.6. The summed E-state index contributed by atoms with van der Waals surface area (Å²) < 4.78 is 10.6. The van der Waals surface area contributed by atoms with Crippen molar-refractivity contribution in [3.05, 3.63) is 99.4 Å². The molecule has 4 aromatic rings. The van der Waals surface area contributed by atoms with Crippen molar-refractivity contribution in [3.63, 3.8) is 0 Å². The number of hydrogen-bond donors (Lipinski definition) is 2. The molecule has 1 heterocycles. The molecule has 0 unspecified atom stereocenters. The number of ether oxygens (including phenoxy) is 2. The molecule has 4 rings (SSSR count). The van der Waals surface area contributed by atoms with E-state index < -0.39 is 5.97 Å². The molecule has 0 aliphatic carbocycles. The summed E-state index contributed by atoms with van der Waals surface area (Å²) in [7, 11) is 1.61. The third kappa shape index (κ3) is 6.48. The largest absolute Gasteiger partial charge is 0.496 e. The van der Waals surface area contributed by atoms with Crippen LogP contribution in [0.5, 0.6) is 11.5 Å². The second kappa shape index (κ2) is 11.5. The van der Waals surface area contributed by atoms with E-state index in [0.717, 1.165) is 22.3 Å². The zero-order chi connectivity index (χ0) is 25.5. The van der Waals surface area contributed by atoms with Crippen LogP contribution in [0.15, 0.2) is 66.9 Å². The topological polar surface area (TPSA) is 84.4 Å². The van der Waals surface area contributed by atoms with Gasteiger partial charge in [0.2, 0.25) is 0 Å². The Morgan fingerprint density at radius 1 is 1.03 bits per heavy atom. The first-order valence-corrected chi connectivity index (χ1v) is 11.5. The minimum atomic E-state index is -1.03. The molecule has 36 heavy (non-hydrogen) atoms. The number of carboxylic acids is 1. The average molecular weight is 519 g/mol. The summed E-state index contributed by atoms with van der Waals surface area (Å²) in [6.07, 6.45) is 5.52. The van der Waals surface area contributed by atoms with Crippen LogP contribution in [0, 0.1) is 11.8 Å². The molecule has 0 atom stereocenters. The summed E-state index contributed by atoms with van der Waals surface area (Å²) in [6.45, 7) is -0.388. The van der Waals surface area contributed by atoms with E-state index in [1.807, 2.05) is 36.4 Å². The standard InChI is InChI=1S/C28H20Cl2N2O4/c1-35-26-12-6-19(3-2-18-4-9-22(10-5-18)36-17-28(33)34)14-20(26)7-13-27-31-16-25(32-27)23-11-8-21(29)15-24(23)30/h4-16H,17H2,1H3,(H,31,32)(H,33,34). The van der Waals surface area contributed by atoms with Crippen molar-refractivity contribution in [2.45, 2.75) is 0 Å². The number of halogens is 2. The van der Waals surface area contributed by atoms with Gasteiger partial charge in [0.15, 0.2) is 6.61 Å². The molecule has 2 N–H and O–H groups in total. The van der Waals surface area contributed by atoms with Crippen molar-refractivity contribution < 1.29 is 19.4 Å². The molecular formula is C28H20Cl2N2O4. The second-order valence-electron chi connectivity index (χ2n) is 7.54. The Bertz CT molecular complexity index is 1480. The van der Waals surface area contributed by atoms with E-state index >= 15 is 0 Å². The maximum absolute atomic E-state index is 10.6. The first kappa shape index (κ1) is 24.9. The fourth-order valence-electron chi connectivity index (χ4n) is 3.29. The lowest BCUT2D eigenvalue weighted by atomic mass is 10.1. The molecule has 0 amide bonds. The number of rotatable bonds is 7. The number of aromatic amines is 1. The Balaban J connectivity index is 1.51. The number of nitrogens with one attached hydrogen (secondary N) is 1. The lowest BCUT2D eigenvalue weighted by molar-refractivity contribution is -0.139. The van der Waals surface area contributed by atoms with E-state index in [0.29, 0.717) is 33.1 Å². The third-order valence-corrected chi connectivity index (χ3v) is 5.57. The highest BCUT2D eigenvalue weighted by molar-refractivity contribution is 6.36. The Kier molecular flexibility index (Phi) is 7.96. The summed E-state index contributed by atoms with van der Waals surface area (Å²) in [6, 6.07) is 17.9. The van der Waals surface area contributed by atoms with Crippen molar-refractivity contribution in [1.29, 1.82) is 0 Å². The normalized spacial score (nSPS) is 10.6. The van der Waals surface area contributed by atoms with E-state index in [2.05, 4.69) is 21.8 Å². The SMILES string of the molecule is COc1ccc(C#Cc2ccc(OCC(=O)O)cc2)cc1C=Cc1nc(-c2ccc(Cl)cc2Cl)c[nH]1. The number of methoxy groups -OCH3 is 1. The molecule has 6 nitrogen and oxygen atoms in total. The van der Waals surface area contributed by atoms with E-state index in [1.165, 1.54) is 0 Å². The molecule has 8 heteroatoms. The third-order valence-electron chi connectivity index (χ3n) is 5.02. The van der Waals surface area contributed by atoms with E-state index in [-0.39, 0.29) is 6.61 Å². The first-order valence-electron chi connectivity index (χ1n) is 10.7. The smallest absolute Gasteiger partial charge is 0.341 e. The lowest BCUT2D eigenvalue weighted by Gasteiger charge is -2.05. The molecule has 1 aromatic heterocycles.